The zero-order valence-electron chi connectivity index (χ0n) is 20.4. The van der Waals surface area contributed by atoms with E-state index in [-0.39, 0.29) is 12.4 Å². The molecule has 0 unspecified atom stereocenters. The first kappa shape index (κ1) is 26.6. The molecule has 0 saturated carbocycles. The van der Waals surface area contributed by atoms with Crippen LogP contribution in [0.3, 0.4) is 0 Å². The number of ether oxygens (including phenoxy) is 4. The fourth-order valence-electron chi connectivity index (χ4n) is 3.91. The van der Waals surface area contributed by atoms with Gasteiger partial charge in [0.25, 0.3) is 0 Å². The molecule has 0 aliphatic rings. The third-order valence-corrected chi connectivity index (χ3v) is 6.02. The van der Waals surface area contributed by atoms with Gasteiger partial charge in [-0.1, -0.05) is 100 Å². The number of carbonyl (C=O) groups is 2. The van der Waals surface area contributed by atoms with Crippen LogP contribution in [0, 0.1) is 0 Å². The minimum absolute atomic E-state index is 0.264. The maximum Gasteiger partial charge on any atom is 0.513 e. The van der Waals surface area contributed by atoms with Gasteiger partial charge in [0.2, 0.25) is 0 Å². The third kappa shape index (κ3) is 7.25. The average Bonchev–Trinajstić information content (AvgIpc) is 2.85. The Morgan fingerprint density at radius 1 is 0.657 bits per heavy atom. The summed E-state index contributed by atoms with van der Waals surface area (Å²) >= 11 is 6.54. The maximum absolute atomic E-state index is 12.5. The molecule has 0 amide bonds. The van der Waals surface area contributed by atoms with Gasteiger partial charge in [0.1, 0.15) is 0 Å². The molecule has 7 heteroatoms. The lowest BCUT2D eigenvalue weighted by molar-refractivity contribution is 0.0965. The molecule has 0 N–H and O–H groups in total. The van der Waals surface area contributed by atoms with Gasteiger partial charge in [0.05, 0.1) is 18.2 Å². The summed E-state index contributed by atoms with van der Waals surface area (Å²) in [6.07, 6.45) is 6.34. The molecule has 3 aromatic rings. The van der Waals surface area contributed by atoms with E-state index in [2.05, 4.69) is 13.8 Å². The number of hydrogen-bond donors (Lipinski definition) is 0. The maximum atomic E-state index is 12.5. The van der Waals surface area contributed by atoms with Crippen LogP contribution in [-0.4, -0.2) is 25.5 Å². The molecule has 3 rings (SSSR count). The summed E-state index contributed by atoms with van der Waals surface area (Å²) < 4.78 is 21.9. The lowest BCUT2D eigenvalue weighted by Gasteiger charge is -2.17. The van der Waals surface area contributed by atoms with E-state index in [1.165, 1.54) is 0 Å². The summed E-state index contributed by atoms with van der Waals surface area (Å²) in [6, 6.07) is 12.4. The summed E-state index contributed by atoms with van der Waals surface area (Å²) in [5.41, 5.74) is 0. The Labute approximate surface area is 211 Å². The van der Waals surface area contributed by atoms with Crippen LogP contribution in [0.4, 0.5) is 9.59 Å². The van der Waals surface area contributed by atoms with Gasteiger partial charge in [-0.25, -0.2) is 9.59 Å². The highest BCUT2D eigenvalue weighted by Crippen LogP contribution is 2.45. The highest BCUT2D eigenvalue weighted by Gasteiger charge is 2.22. The lowest BCUT2D eigenvalue weighted by Crippen LogP contribution is -2.14. The van der Waals surface area contributed by atoms with E-state index >= 15 is 0 Å². The Kier molecular flexibility index (Phi) is 10.5. The molecule has 188 valence electrons. The van der Waals surface area contributed by atoms with Crippen LogP contribution < -0.4 is 9.47 Å². The second-order valence-corrected chi connectivity index (χ2v) is 8.80. The molecule has 0 bridgehead atoms. The first-order valence-electron chi connectivity index (χ1n) is 12.4. The van der Waals surface area contributed by atoms with Gasteiger partial charge in [-0.2, -0.15) is 0 Å². The SMILES string of the molecule is CCCCCCOC(=O)Oc1c2ccccc2c(OC(=O)OCCCCCC)c2c(Cl)cccc12. The molecular weight excluding hydrogens is 468 g/mol. The Morgan fingerprint density at radius 3 is 1.74 bits per heavy atom. The molecule has 0 saturated heterocycles. The Balaban J connectivity index is 1.89. The van der Waals surface area contributed by atoms with Gasteiger partial charge >= 0.3 is 12.3 Å². The predicted molar refractivity (Wildman–Crippen MR) is 139 cm³/mol. The number of hydrogen-bond acceptors (Lipinski definition) is 6. The van der Waals surface area contributed by atoms with Crippen LogP contribution in [0.15, 0.2) is 42.5 Å². The van der Waals surface area contributed by atoms with Crippen molar-refractivity contribution in [3.63, 3.8) is 0 Å². The third-order valence-electron chi connectivity index (χ3n) is 5.71. The number of fused-ring (bicyclic) bond motifs is 2. The largest absolute Gasteiger partial charge is 0.513 e. The minimum Gasteiger partial charge on any atom is -0.434 e. The molecular formula is C28H33ClO6. The van der Waals surface area contributed by atoms with Crippen LogP contribution in [0.25, 0.3) is 21.5 Å². The number of carbonyl (C=O) groups excluding carboxylic acids is 2. The van der Waals surface area contributed by atoms with Gasteiger partial charge in [0, 0.05) is 21.5 Å². The Morgan fingerprint density at radius 2 is 1.17 bits per heavy atom. The first-order valence-corrected chi connectivity index (χ1v) is 12.8. The van der Waals surface area contributed by atoms with Gasteiger partial charge in [-0.15, -0.1) is 0 Å². The Bertz CT molecular complexity index is 1140. The van der Waals surface area contributed by atoms with E-state index in [1.807, 2.05) is 12.1 Å². The lowest BCUT2D eigenvalue weighted by atomic mass is 10.0. The molecule has 0 radical (unpaired) electrons. The van der Waals surface area contributed by atoms with Crippen molar-refractivity contribution in [2.45, 2.75) is 65.2 Å². The van der Waals surface area contributed by atoms with Crippen molar-refractivity contribution in [3.05, 3.63) is 47.5 Å². The van der Waals surface area contributed by atoms with E-state index in [0.29, 0.717) is 38.9 Å². The number of halogens is 1. The summed E-state index contributed by atoms with van der Waals surface area (Å²) in [5.74, 6) is 0.567. The molecule has 0 spiro atoms. The standard InChI is InChI=1S/C28H33ClO6/c1-3-5-7-11-18-32-27(30)34-25-20-14-9-10-15-21(20)26(24-22(25)16-13-17-23(24)29)35-28(31)33-19-12-8-6-4-2/h9-10,13-17H,3-8,11-12,18-19H2,1-2H3. The Hall–Kier alpha value is -2.99. The van der Waals surface area contributed by atoms with E-state index in [4.69, 9.17) is 30.5 Å². The molecule has 0 atom stereocenters. The van der Waals surface area contributed by atoms with Crippen LogP contribution in [-0.2, 0) is 9.47 Å². The number of rotatable bonds is 12. The van der Waals surface area contributed by atoms with E-state index in [1.54, 1.807) is 30.3 Å². The first-order chi connectivity index (χ1) is 17.1. The van der Waals surface area contributed by atoms with Gasteiger partial charge in [0.15, 0.2) is 11.5 Å². The summed E-state index contributed by atoms with van der Waals surface area (Å²) in [6.45, 7) is 4.82. The topological polar surface area (TPSA) is 71.1 Å². The van der Waals surface area contributed by atoms with Crippen molar-refractivity contribution in [2.24, 2.45) is 0 Å². The monoisotopic (exact) mass is 500 g/mol. The second kappa shape index (κ2) is 13.8. The second-order valence-electron chi connectivity index (χ2n) is 8.39. The van der Waals surface area contributed by atoms with Crippen molar-refractivity contribution < 1.29 is 28.5 Å². The molecule has 3 aromatic carbocycles. The smallest absolute Gasteiger partial charge is 0.434 e. The van der Waals surface area contributed by atoms with Crippen LogP contribution in [0.2, 0.25) is 5.02 Å². The van der Waals surface area contributed by atoms with E-state index in [9.17, 15) is 9.59 Å². The van der Waals surface area contributed by atoms with Gasteiger partial charge < -0.3 is 18.9 Å². The zero-order chi connectivity index (χ0) is 25.0. The summed E-state index contributed by atoms with van der Waals surface area (Å²) in [7, 11) is 0. The normalized spacial score (nSPS) is 10.9. The van der Waals surface area contributed by atoms with Crippen molar-refractivity contribution in [3.8, 4) is 11.5 Å². The van der Waals surface area contributed by atoms with Crippen LogP contribution >= 0.6 is 11.6 Å². The molecule has 6 nitrogen and oxygen atoms in total. The van der Waals surface area contributed by atoms with Crippen LogP contribution in [0.1, 0.15) is 65.2 Å². The molecule has 0 aromatic heterocycles. The molecule has 0 fully saturated rings. The van der Waals surface area contributed by atoms with Crippen molar-refractivity contribution in [2.75, 3.05) is 13.2 Å². The highest BCUT2D eigenvalue weighted by molar-refractivity contribution is 6.37. The van der Waals surface area contributed by atoms with Crippen molar-refractivity contribution >= 4 is 45.5 Å². The van der Waals surface area contributed by atoms with Gasteiger partial charge in [-0.3, -0.25) is 0 Å². The molecule has 0 heterocycles. The average molecular weight is 501 g/mol. The molecule has 0 aliphatic carbocycles. The van der Waals surface area contributed by atoms with E-state index < -0.39 is 12.3 Å². The number of unbranched alkanes of at least 4 members (excludes halogenated alkanes) is 6. The quantitative estimate of drug-likeness (QED) is 0.107. The van der Waals surface area contributed by atoms with E-state index in [0.717, 1.165) is 51.4 Å². The fourth-order valence-corrected chi connectivity index (χ4v) is 4.17. The highest BCUT2D eigenvalue weighted by atomic mass is 35.5. The molecule has 35 heavy (non-hydrogen) atoms. The minimum atomic E-state index is -0.798. The molecule has 0 aliphatic heterocycles. The van der Waals surface area contributed by atoms with Gasteiger partial charge in [-0.05, 0) is 18.9 Å². The number of benzene rings is 3. The van der Waals surface area contributed by atoms with Crippen molar-refractivity contribution in [1.82, 2.24) is 0 Å². The predicted octanol–water partition coefficient (Wildman–Crippen LogP) is 8.84. The zero-order valence-corrected chi connectivity index (χ0v) is 21.2. The summed E-state index contributed by atoms with van der Waals surface area (Å²) in [5, 5.41) is 2.51. The fraction of sp³-hybridized carbons (Fsp3) is 0.429. The van der Waals surface area contributed by atoms with Crippen LogP contribution in [0.5, 0.6) is 11.5 Å². The summed E-state index contributed by atoms with van der Waals surface area (Å²) in [4.78, 5) is 25.0. The van der Waals surface area contributed by atoms with Crippen molar-refractivity contribution in [1.29, 1.82) is 0 Å².